The summed E-state index contributed by atoms with van der Waals surface area (Å²) in [6.45, 7) is 3.16. The fourth-order valence-electron chi connectivity index (χ4n) is 3.20. The molecule has 1 aromatic carbocycles. The van der Waals surface area contributed by atoms with Gasteiger partial charge in [-0.2, -0.15) is 5.10 Å². The van der Waals surface area contributed by atoms with Crippen LogP contribution in [0, 0.1) is 0 Å². The highest BCUT2D eigenvalue weighted by molar-refractivity contribution is 7.17. The van der Waals surface area contributed by atoms with Gasteiger partial charge in [-0.15, -0.1) is 11.3 Å². The standard InChI is InChI=1S/C18H19N3S/c1-20-17(5-9-19-20)14-6-10-21(11-7-14)13-16-4-2-3-15-8-12-22-18(15)16/h2-6,8-9,12H,7,10-11,13H2,1H3. The van der Waals surface area contributed by atoms with Crippen LogP contribution < -0.4 is 0 Å². The molecule has 0 amide bonds. The summed E-state index contributed by atoms with van der Waals surface area (Å²) in [6.07, 6.45) is 5.33. The molecule has 0 saturated carbocycles. The lowest BCUT2D eigenvalue weighted by Gasteiger charge is -2.26. The van der Waals surface area contributed by atoms with E-state index in [2.05, 4.69) is 51.8 Å². The van der Waals surface area contributed by atoms with Crippen LogP contribution in [-0.4, -0.2) is 27.8 Å². The van der Waals surface area contributed by atoms with E-state index in [1.807, 2.05) is 29.3 Å². The van der Waals surface area contributed by atoms with Gasteiger partial charge in [0.05, 0.1) is 5.69 Å². The summed E-state index contributed by atoms with van der Waals surface area (Å²) in [5.74, 6) is 0. The Kier molecular flexibility index (Phi) is 3.56. The lowest BCUT2D eigenvalue weighted by Crippen LogP contribution is -2.28. The van der Waals surface area contributed by atoms with E-state index in [0.29, 0.717) is 0 Å². The summed E-state index contributed by atoms with van der Waals surface area (Å²) in [4.78, 5) is 2.52. The molecule has 4 rings (SSSR count). The minimum Gasteiger partial charge on any atom is -0.295 e. The first-order chi connectivity index (χ1) is 10.8. The molecule has 3 nitrogen and oxygen atoms in total. The molecule has 0 aliphatic carbocycles. The van der Waals surface area contributed by atoms with Crippen LogP contribution in [0.1, 0.15) is 17.7 Å². The highest BCUT2D eigenvalue weighted by Crippen LogP contribution is 2.27. The van der Waals surface area contributed by atoms with Gasteiger partial charge in [0.1, 0.15) is 0 Å². The third-order valence-electron chi connectivity index (χ3n) is 4.40. The molecule has 4 heteroatoms. The van der Waals surface area contributed by atoms with E-state index in [4.69, 9.17) is 0 Å². The fourth-order valence-corrected chi connectivity index (χ4v) is 4.10. The third-order valence-corrected chi connectivity index (χ3v) is 5.40. The van der Waals surface area contributed by atoms with Crippen molar-refractivity contribution < 1.29 is 0 Å². The van der Waals surface area contributed by atoms with Gasteiger partial charge in [-0.1, -0.05) is 24.3 Å². The molecule has 3 aromatic rings. The Morgan fingerprint density at radius 1 is 1.23 bits per heavy atom. The molecule has 0 bridgehead atoms. The van der Waals surface area contributed by atoms with Crippen LogP contribution in [0.4, 0.5) is 0 Å². The van der Waals surface area contributed by atoms with Crippen molar-refractivity contribution in [3.05, 3.63) is 59.2 Å². The quantitative estimate of drug-likeness (QED) is 0.731. The molecule has 0 N–H and O–H groups in total. The Labute approximate surface area is 134 Å². The lowest BCUT2D eigenvalue weighted by atomic mass is 10.0. The number of fused-ring (bicyclic) bond motifs is 1. The fraction of sp³-hybridized carbons (Fsp3) is 0.278. The number of rotatable bonds is 3. The second kappa shape index (κ2) is 5.71. The molecule has 2 aromatic heterocycles. The van der Waals surface area contributed by atoms with Gasteiger partial charge in [0, 0.05) is 37.6 Å². The average molecular weight is 309 g/mol. The van der Waals surface area contributed by atoms with E-state index >= 15 is 0 Å². The summed E-state index contributed by atoms with van der Waals surface area (Å²) in [5.41, 5.74) is 4.12. The Hall–Kier alpha value is -1.91. The van der Waals surface area contributed by atoms with E-state index in [9.17, 15) is 0 Å². The van der Waals surface area contributed by atoms with E-state index in [0.717, 1.165) is 26.1 Å². The Morgan fingerprint density at radius 3 is 2.95 bits per heavy atom. The zero-order valence-corrected chi connectivity index (χ0v) is 13.5. The number of hydrogen-bond acceptors (Lipinski definition) is 3. The minimum absolute atomic E-state index is 1.02. The third kappa shape index (κ3) is 2.49. The molecule has 0 saturated heterocycles. The largest absolute Gasteiger partial charge is 0.295 e. The first-order valence-electron chi connectivity index (χ1n) is 7.66. The van der Waals surface area contributed by atoms with Crippen LogP contribution in [0.5, 0.6) is 0 Å². The van der Waals surface area contributed by atoms with Gasteiger partial charge in [-0.25, -0.2) is 0 Å². The molecule has 112 valence electrons. The van der Waals surface area contributed by atoms with Crippen LogP contribution in [0.3, 0.4) is 0 Å². The van der Waals surface area contributed by atoms with Crippen molar-refractivity contribution in [1.82, 2.24) is 14.7 Å². The predicted molar refractivity (Wildman–Crippen MR) is 92.9 cm³/mol. The van der Waals surface area contributed by atoms with Crippen molar-refractivity contribution in [2.24, 2.45) is 7.05 Å². The molecule has 0 unspecified atom stereocenters. The summed E-state index contributed by atoms with van der Waals surface area (Å²) in [6, 6.07) is 10.9. The van der Waals surface area contributed by atoms with Crippen LogP contribution in [0.2, 0.25) is 0 Å². The summed E-state index contributed by atoms with van der Waals surface area (Å²) in [5, 5.41) is 7.82. The first-order valence-corrected chi connectivity index (χ1v) is 8.54. The van der Waals surface area contributed by atoms with Crippen molar-refractivity contribution >= 4 is 27.0 Å². The number of nitrogens with zero attached hydrogens (tertiary/aromatic N) is 3. The van der Waals surface area contributed by atoms with E-state index in [-0.39, 0.29) is 0 Å². The molecule has 3 heterocycles. The van der Waals surface area contributed by atoms with Crippen molar-refractivity contribution in [3.8, 4) is 0 Å². The predicted octanol–water partition coefficient (Wildman–Crippen LogP) is 3.92. The molecule has 1 aliphatic rings. The van der Waals surface area contributed by atoms with Crippen LogP contribution in [0.25, 0.3) is 15.7 Å². The molecule has 0 spiro atoms. The zero-order valence-electron chi connectivity index (χ0n) is 12.7. The van der Waals surface area contributed by atoms with Gasteiger partial charge in [-0.05, 0) is 40.5 Å². The topological polar surface area (TPSA) is 21.1 Å². The maximum Gasteiger partial charge on any atom is 0.0636 e. The lowest BCUT2D eigenvalue weighted by molar-refractivity contribution is 0.295. The van der Waals surface area contributed by atoms with E-state index in [1.54, 1.807) is 0 Å². The highest BCUT2D eigenvalue weighted by atomic mass is 32.1. The smallest absolute Gasteiger partial charge is 0.0636 e. The molecule has 0 atom stereocenters. The second-order valence-electron chi connectivity index (χ2n) is 5.81. The summed E-state index contributed by atoms with van der Waals surface area (Å²) in [7, 11) is 2.01. The number of aromatic nitrogens is 2. The van der Waals surface area contributed by atoms with Gasteiger partial charge in [0.15, 0.2) is 0 Å². The SMILES string of the molecule is Cn1nccc1C1=CCN(Cc2cccc3ccsc23)CC1. The van der Waals surface area contributed by atoms with Gasteiger partial charge in [0.25, 0.3) is 0 Å². The molecule has 0 radical (unpaired) electrons. The average Bonchev–Trinajstić information content (AvgIpc) is 3.17. The second-order valence-corrected chi connectivity index (χ2v) is 6.73. The van der Waals surface area contributed by atoms with Crippen molar-refractivity contribution in [3.63, 3.8) is 0 Å². The monoisotopic (exact) mass is 309 g/mol. The number of benzene rings is 1. The van der Waals surface area contributed by atoms with Gasteiger partial charge in [-0.3, -0.25) is 9.58 Å². The van der Waals surface area contributed by atoms with Crippen molar-refractivity contribution in [2.45, 2.75) is 13.0 Å². The molecular weight excluding hydrogens is 290 g/mol. The minimum atomic E-state index is 1.02. The number of aryl methyl sites for hydroxylation is 1. The van der Waals surface area contributed by atoms with Crippen LogP contribution >= 0.6 is 11.3 Å². The maximum absolute atomic E-state index is 4.27. The van der Waals surface area contributed by atoms with Crippen LogP contribution in [0.15, 0.2) is 48.0 Å². The van der Waals surface area contributed by atoms with Crippen LogP contribution in [-0.2, 0) is 13.6 Å². The van der Waals surface area contributed by atoms with E-state index < -0.39 is 0 Å². The zero-order chi connectivity index (χ0) is 14.9. The van der Waals surface area contributed by atoms with E-state index in [1.165, 1.54) is 26.9 Å². The first kappa shape index (κ1) is 13.7. The Bertz CT molecular complexity index is 828. The maximum atomic E-state index is 4.27. The number of thiophene rings is 1. The summed E-state index contributed by atoms with van der Waals surface area (Å²) < 4.78 is 3.40. The van der Waals surface area contributed by atoms with Gasteiger partial charge >= 0.3 is 0 Å². The Morgan fingerprint density at radius 2 is 2.18 bits per heavy atom. The normalized spacial score (nSPS) is 16.1. The highest BCUT2D eigenvalue weighted by Gasteiger charge is 2.16. The molecular formula is C18H19N3S. The molecule has 1 aliphatic heterocycles. The van der Waals surface area contributed by atoms with Crippen molar-refractivity contribution in [1.29, 1.82) is 0 Å². The number of hydrogen-bond donors (Lipinski definition) is 0. The molecule has 22 heavy (non-hydrogen) atoms. The Balaban J connectivity index is 1.51. The van der Waals surface area contributed by atoms with Crippen molar-refractivity contribution in [2.75, 3.05) is 13.1 Å². The van der Waals surface area contributed by atoms with Gasteiger partial charge in [0.2, 0.25) is 0 Å². The molecule has 0 fully saturated rings. The van der Waals surface area contributed by atoms with Gasteiger partial charge < -0.3 is 0 Å². The summed E-state index contributed by atoms with van der Waals surface area (Å²) >= 11 is 1.85.